The maximum Gasteiger partial charge on any atom is 0.264 e. The van der Waals surface area contributed by atoms with Crippen LogP contribution in [-0.4, -0.2) is 43.8 Å². The summed E-state index contributed by atoms with van der Waals surface area (Å²) in [5.41, 5.74) is 3.83. The maximum atomic E-state index is 14.7. The van der Waals surface area contributed by atoms with Crippen LogP contribution in [-0.2, 0) is 32.6 Å². The van der Waals surface area contributed by atoms with Gasteiger partial charge in [0.1, 0.15) is 12.6 Å². The van der Waals surface area contributed by atoms with E-state index in [1.54, 1.807) is 35.2 Å². The highest BCUT2D eigenvalue weighted by Gasteiger charge is 2.36. The van der Waals surface area contributed by atoms with Crippen LogP contribution in [0.5, 0.6) is 0 Å². The van der Waals surface area contributed by atoms with Crippen molar-refractivity contribution in [2.24, 2.45) is 0 Å². The predicted molar refractivity (Wildman–Crippen MR) is 186 cm³/mol. The van der Waals surface area contributed by atoms with Crippen LogP contribution in [0.2, 0.25) is 0 Å². The Morgan fingerprint density at radius 1 is 0.826 bits per heavy atom. The molecule has 46 heavy (non-hydrogen) atoms. The summed E-state index contributed by atoms with van der Waals surface area (Å²) in [6, 6.07) is 30.0. The Balaban J connectivity index is 1.58. The number of aryl methyl sites for hydroxylation is 1. The molecular formula is C37H40BrN3O4S. The molecule has 7 nitrogen and oxygen atoms in total. The van der Waals surface area contributed by atoms with Crippen molar-refractivity contribution in [3.05, 3.63) is 130 Å². The number of carbonyl (C=O) groups is 2. The molecule has 9 heteroatoms. The fourth-order valence-corrected chi connectivity index (χ4v) is 7.70. The average Bonchev–Trinajstić information content (AvgIpc) is 3.57. The van der Waals surface area contributed by atoms with Gasteiger partial charge in [-0.05, 0) is 79.3 Å². The van der Waals surface area contributed by atoms with Crippen molar-refractivity contribution < 1.29 is 18.0 Å². The number of sulfonamides is 1. The number of carbonyl (C=O) groups excluding carboxylic acids is 2. The van der Waals surface area contributed by atoms with E-state index in [0.717, 1.165) is 52.4 Å². The zero-order chi connectivity index (χ0) is 32.7. The first-order valence-electron chi connectivity index (χ1n) is 15.7. The molecule has 0 unspecified atom stereocenters. The van der Waals surface area contributed by atoms with Crippen LogP contribution in [0.1, 0.15) is 47.9 Å². The molecule has 1 saturated carbocycles. The summed E-state index contributed by atoms with van der Waals surface area (Å²) in [5, 5.41) is 3.21. The highest BCUT2D eigenvalue weighted by molar-refractivity contribution is 9.10. The Bertz CT molecular complexity index is 1740. The van der Waals surface area contributed by atoms with Crippen molar-refractivity contribution in [3.8, 4) is 0 Å². The lowest BCUT2D eigenvalue weighted by molar-refractivity contribution is -0.140. The van der Waals surface area contributed by atoms with Crippen LogP contribution in [0.3, 0.4) is 0 Å². The Kier molecular flexibility index (Phi) is 11.0. The first-order valence-corrected chi connectivity index (χ1v) is 17.9. The van der Waals surface area contributed by atoms with Crippen molar-refractivity contribution in [3.63, 3.8) is 0 Å². The normalized spacial score (nSPS) is 14.1. The van der Waals surface area contributed by atoms with Gasteiger partial charge < -0.3 is 10.2 Å². The molecule has 5 rings (SSSR count). The van der Waals surface area contributed by atoms with Crippen LogP contribution in [0, 0.1) is 13.8 Å². The molecule has 0 aliphatic heterocycles. The molecule has 4 aromatic carbocycles. The monoisotopic (exact) mass is 701 g/mol. The zero-order valence-corrected chi connectivity index (χ0v) is 28.6. The summed E-state index contributed by atoms with van der Waals surface area (Å²) < 4.78 is 30.6. The van der Waals surface area contributed by atoms with Crippen molar-refractivity contribution in [2.75, 3.05) is 10.8 Å². The highest BCUT2D eigenvalue weighted by Crippen LogP contribution is 2.29. The lowest BCUT2D eigenvalue weighted by atomic mass is 10.0. The van der Waals surface area contributed by atoms with Gasteiger partial charge in [-0.3, -0.25) is 13.9 Å². The largest absolute Gasteiger partial charge is 0.352 e. The molecule has 1 atom stereocenters. The van der Waals surface area contributed by atoms with Gasteiger partial charge in [0.05, 0.1) is 10.6 Å². The number of benzene rings is 4. The van der Waals surface area contributed by atoms with Crippen LogP contribution < -0.4 is 9.62 Å². The maximum absolute atomic E-state index is 14.7. The van der Waals surface area contributed by atoms with Crippen LogP contribution in [0.25, 0.3) is 0 Å². The molecule has 1 N–H and O–H groups in total. The standard InChI is InChI=1S/C37H40BrN3O4S/c1-27-12-11-19-34(28(27)2)41(46(44,45)33-17-7-4-8-18-33)26-36(42)40(25-30-20-22-31(38)23-21-30)35(24-29-13-5-3-6-14-29)37(43)39-32-15-9-10-16-32/h3-8,11-14,17-23,32,35H,9-10,15-16,24-26H2,1-2H3,(H,39,43)/t35-/m0/s1. The molecular weight excluding hydrogens is 662 g/mol. The first-order chi connectivity index (χ1) is 22.1. The van der Waals surface area contributed by atoms with Gasteiger partial charge in [-0.2, -0.15) is 0 Å². The van der Waals surface area contributed by atoms with E-state index in [0.29, 0.717) is 5.69 Å². The van der Waals surface area contributed by atoms with E-state index < -0.39 is 28.5 Å². The minimum absolute atomic E-state index is 0.0558. The van der Waals surface area contributed by atoms with Gasteiger partial charge in [-0.15, -0.1) is 0 Å². The van der Waals surface area contributed by atoms with E-state index in [1.807, 2.05) is 74.5 Å². The van der Waals surface area contributed by atoms with Gasteiger partial charge in [-0.25, -0.2) is 8.42 Å². The molecule has 1 fully saturated rings. The topological polar surface area (TPSA) is 86.8 Å². The SMILES string of the molecule is Cc1cccc(N(CC(=O)N(Cc2ccc(Br)cc2)[C@@H](Cc2ccccc2)C(=O)NC2CCCC2)S(=O)(=O)c2ccccc2)c1C. The summed E-state index contributed by atoms with van der Waals surface area (Å²) in [5.74, 6) is -0.698. The highest BCUT2D eigenvalue weighted by atomic mass is 79.9. The second-order valence-corrected chi connectivity index (χ2v) is 14.7. The molecule has 0 heterocycles. The Morgan fingerprint density at radius 3 is 2.11 bits per heavy atom. The van der Waals surface area contributed by atoms with Gasteiger partial charge >= 0.3 is 0 Å². The van der Waals surface area contributed by atoms with Gasteiger partial charge in [0, 0.05) is 23.5 Å². The van der Waals surface area contributed by atoms with Crippen LogP contribution >= 0.6 is 15.9 Å². The molecule has 0 spiro atoms. The molecule has 1 aliphatic rings. The number of rotatable bonds is 12. The number of nitrogens with one attached hydrogen (secondary N) is 1. The van der Waals surface area contributed by atoms with Gasteiger partial charge in [-0.1, -0.05) is 102 Å². The number of hydrogen-bond donors (Lipinski definition) is 1. The average molecular weight is 703 g/mol. The lowest BCUT2D eigenvalue weighted by Crippen LogP contribution is -2.54. The number of amides is 2. The molecule has 0 saturated heterocycles. The number of hydrogen-bond acceptors (Lipinski definition) is 4. The third-order valence-corrected chi connectivity index (χ3v) is 11.0. The Morgan fingerprint density at radius 2 is 1.46 bits per heavy atom. The minimum Gasteiger partial charge on any atom is -0.352 e. The van der Waals surface area contributed by atoms with Crippen molar-refractivity contribution in [1.82, 2.24) is 10.2 Å². The molecule has 0 radical (unpaired) electrons. The van der Waals surface area contributed by atoms with Gasteiger partial charge in [0.2, 0.25) is 11.8 Å². The number of halogens is 1. The van der Waals surface area contributed by atoms with E-state index in [-0.39, 0.29) is 29.8 Å². The molecule has 0 bridgehead atoms. The third kappa shape index (κ3) is 8.06. The van der Waals surface area contributed by atoms with E-state index in [1.165, 1.54) is 16.4 Å². The van der Waals surface area contributed by atoms with E-state index in [9.17, 15) is 18.0 Å². The van der Waals surface area contributed by atoms with Crippen LogP contribution in [0.15, 0.2) is 112 Å². The smallest absolute Gasteiger partial charge is 0.264 e. The fraction of sp³-hybridized carbons (Fsp3) is 0.297. The molecule has 4 aromatic rings. The molecule has 240 valence electrons. The number of anilines is 1. The van der Waals surface area contributed by atoms with Crippen LogP contribution in [0.4, 0.5) is 5.69 Å². The second kappa shape index (κ2) is 15.1. The van der Waals surface area contributed by atoms with Crippen molar-refractivity contribution in [2.45, 2.75) is 69.5 Å². The third-order valence-electron chi connectivity index (χ3n) is 8.69. The van der Waals surface area contributed by atoms with Crippen molar-refractivity contribution in [1.29, 1.82) is 0 Å². The zero-order valence-electron chi connectivity index (χ0n) is 26.2. The molecule has 1 aliphatic carbocycles. The lowest BCUT2D eigenvalue weighted by Gasteiger charge is -2.34. The fourth-order valence-electron chi connectivity index (χ4n) is 5.95. The number of nitrogens with zero attached hydrogens (tertiary/aromatic N) is 2. The summed E-state index contributed by atoms with van der Waals surface area (Å²) in [4.78, 5) is 30.4. The van der Waals surface area contributed by atoms with E-state index in [4.69, 9.17) is 0 Å². The van der Waals surface area contributed by atoms with E-state index in [2.05, 4.69) is 21.2 Å². The predicted octanol–water partition coefficient (Wildman–Crippen LogP) is 6.96. The summed E-state index contributed by atoms with van der Waals surface area (Å²) in [6.07, 6.45) is 4.20. The first kappa shape index (κ1) is 33.4. The minimum atomic E-state index is -4.14. The Labute approximate surface area is 280 Å². The van der Waals surface area contributed by atoms with Crippen molar-refractivity contribution >= 4 is 43.5 Å². The van der Waals surface area contributed by atoms with E-state index >= 15 is 0 Å². The summed E-state index contributed by atoms with van der Waals surface area (Å²) in [7, 11) is -4.14. The second-order valence-electron chi connectivity index (χ2n) is 11.9. The van der Waals surface area contributed by atoms with Gasteiger partial charge in [0.15, 0.2) is 0 Å². The summed E-state index contributed by atoms with van der Waals surface area (Å²) in [6.45, 7) is 3.43. The Hall–Kier alpha value is -3.95. The quantitative estimate of drug-likeness (QED) is 0.173. The van der Waals surface area contributed by atoms with Gasteiger partial charge in [0.25, 0.3) is 10.0 Å². The molecule has 2 amide bonds. The molecule has 0 aromatic heterocycles. The summed E-state index contributed by atoms with van der Waals surface area (Å²) >= 11 is 3.48.